The van der Waals surface area contributed by atoms with Gasteiger partial charge in [-0.25, -0.2) is 4.99 Å². The van der Waals surface area contributed by atoms with E-state index in [-0.39, 0.29) is 24.0 Å². The molecule has 1 aromatic carbocycles. The third kappa shape index (κ3) is 6.07. The average molecular weight is 415 g/mol. The second-order valence-electron chi connectivity index (χ2n) is 4.59. The topological polar surface area (TPSA) is 69.8 Å². The molecule has 3 N–H and O–H groups in total. The van der Waals surface area contributed by atoms with Crippen LogP contribution in [0.25, 0.3) is 0 Å². The van der Waals surface area contributed by atoms with Gasteiger partial charge in [0.15, 0.2) is 5.96 Å². The number of guanidine groups is 1. The van der Waals surface area contributed by atoms with E-state index in [1.807, 2.05) is 37.3 Å². The van der Waals surface area contributed by atoms with Gasteiger partial charge in [0.05, 0.1) is 19.4 Å². The van der Waals surface area contributed by atoms with Crippen molar-refractivity contribution in [3.8, 4) is 0 Å². The van der Waals surface area contributed by atoms with Gasteiger partial charge in [0, 0.05) is 6.54 Å². The van der Waals surface area contributed by atoms with E-state index in [2.05, 4.69) is 15.6 Å². The zero-order valence-corrected chi connectivity index (χ0v) is 14.9. The number of hydrogen-bond donors (Lipinski definition) is 3. The van der Waals surface area contributed by atoms with Crippen LogP contribution >= 0.6 is 24.0 Å². The zero-order chi connectivity index (χ0) is 14.9. The van der Waals surface area contributed by atoms with Gasteiger partial charge in [-0.15, -0.1) is 24.0 Å². The molecule has 5 nitrogen and oxygen atoms in total. The van der Waals surface area contributed by atoms with Gasteiger partial charge >= 0.3 is 0 Å². The smallest absolute Gasteiger partial charge is 0.191 e. The van der Waals surface area contributed by atoms with Crippen molar-refractivity contribution in [3.63, 3.8) is 0 Å². The molecule has 0 fully saturated rings. The van der Waals surface area contributed by atoms with Crippen LogP contribution in [0.5, 0.6) is 0 Å². The number of nitrogens with zero attached hydrogens (tertiary/aromatic N) is 1. The minimum atomic E-state index is -0.694. The van der Waals surface area contributed by atoms with Crippen molar-refractivity contribution in [1.29, 1.82) is 0 Å². The molecule has 1 heterocycles. The van der Waals surface area contributed by atoms with Crippen molar-refractivity contribution in [3.05, 3.63) is 60.1 Å². The Morgan fingerprint density at radius 1 is 1.18 bits per heavy atom. The Morgan fingerprint density at radius 3 is 2.59 bits per heavy atom. The van der Waals surface area contributed by atoms with E-state index in [0.717, 1.165) is 12.1 Å². The highest BCUT2D eigenvalue weighted by molar-refractivity contribution is 14.0. The lowest BCUT2D eigenvalue weighted by atomic mass is 10.2. The first-order chi connectivity index (χ1) is 10.3. The maximum absolute atomic E-state index is 9.97. The van der Waals surface area contributed by atoms with Crippen LogP contribution in [0.2, 0.25) is 0 Å². The molecule has 2 aromatic rings. The van der Waals surface area contributed by atoms with Crippen LogP contribution in [-0.4, -0.2) is 24.2 Å². The fourth-order valence-corrected chi connectivity index (χ4v) is 1.87. The van der Waals surface area contributed by atoms with Crippen LogP contribution < -0.4 is 10.6 Å². The third-order valence-corrected chi connectivity index (χ3v) is 2.94. The maximum atomic E-state index is 9.97. The molecule has 0 aliphatic carbocycles. The van der Waals surface area contributed by atoms with E-state index in [1.165, 1.54) is 0 Å². The standard InChI is InChI=1S/C16H21N3O2.HI/c1-2-17-16(18-11-13-7-4-3-5-8-13)19-12-14(20)15-9-6-10-21-15;/h3-10,14,20H,2,11-12H2,1H3,(H2,17,18,19);1H. The molecule has 1 aromatic heterocycles. The van der Waals surface area contributed by atoms with E-state index >= 15 is 0 Å². The number of rotatable bonds is 6. The number of hydrogen-bond acceptors (Lipinski definition) is 3. The highest BCUT2D eigenvalue weighted by Crippen LogP contribution is 2.11. The van der Waals surface area contributed by atoms with Crippen molar-refractivity contribution < 1.29 is 9.52 Å². The van der Waals surface area contributed by atoms with Crippen molar-refractivity contribution in [1.82, 2.24) is 10.6 Å². The van der Waals surface area contributed by atoms with Gasteiger partial charge in [-0.2, -0.15) is 0 Å². The summed E-state index contributed by atoms with van der Waals surface area (Å²) in [5.41, 5.74) is 1.14. The fourth-order valence-electron chi connectivity index (χ4n) is 1.87. The van der Waals surface area contributed by atoms with Crippen molar-refractivity contribution in [2.75, 3.05) is 13.1 Å². The predicted octanol–water partition coefficient (Wildman–Crippen LogP) is 2.69. The van der Waals surface area contributed by atoms with Gasteiger partial charge in [-0.1, -0.05) is 30.3 Å². The molecule has 1 atom stereocenters. The minimum Gasteiger partial charge on any atom is -0.467 e. The van der Waals surface area contributed by atoms with Crippen molar-refractivity contribution in [2.24, 2.45) is 4.99 Å². The highest BCUT2D eigenvalue weighted by atomic mass is 127. The number of nitrogens with one attached hydrogen (secondary N) is 2. The Labute approximate surface area is 147 Å². The van der Waals surface area contributed by atoms with Gasteiger partial charge in [0.25, 0.3) is 0 Å². The largest absolute Gasteiger partial charge is 0.467 e. The Balaban J connectivity index is 0.00000242. The first-order valence-electron chi connectivity index (χ1n) is 7.07. The van der Waals surface area contributed by atoms with Gasteiger partial charge < -0.3 is 20.2 Å². The van der Waals surface area contributed by atoms with E-state index in [0.29, 0.717) is 24.8 Å². The van der Waals surface area contributed by atoms with Crippen LogP contribution in [0.4, 0.5) is 0 Å². The Kier molecular flexibility index (Phi) is 8.61. The SMILES string of the molecule is CCNC(=NCc1ccccc1)NCC(O)c1ccco1.I. The molecule has 6 heteroatoms. The summed E-state index contributed by atoms with van der Waals surface area (Å²) < 4.78 is 5.17. The molecule has 0 saturated heterocycles. The molecular formula is C16H22IN3O2. The molecule has 1 unspecified atom stereocenters. The highest BCUT2D eigenvalue weighted by Gasteiger charge is 2.10. The molecule has 0 aliphatic rings. The first-order valence-corrected chi connectivity index (χ1v) is 7.07. The van der Waals surface area contributed by atoms with Crippen LogP contribution in [0.15, 0.2) is 58.1 Å². The van der Waals surface area contributed by atoms with Gasteiger partial charge in [-0.3, -0.25) is 0 Å². The number of aliphatic imine (C=N–C) groups is 1. The Morgan fingerprint density at radius 2 is 1.95 bits per heavy atom. The monoisotopic (exact) mass is 415 g/mol. The second-order valence-corrected chi connectivity index (χ2v) is 4.59. The Bertz CT molecular complexity index is 544. The molecule has 0 aliphatic heterocycles. The van der Waals surface area contributed by atoms with E-state index < -0.39 is 6.10 Å². The number of aliphatic hydroxyl groups excluding tert-OH is 1. The summed E-state index contributed by atoms with van der Waals surface area (Å²) in [5.74, 6) is 1.22. The van der Waals surface area contributed by atoms with Gasteiger partial charge in [0.2, 0.25) is 0 Å². The lowest BCUT2D eigenvalue weighted by Crippen LogP contribution is -2.39. The van der Waals surface area contributed by atoms with E-state index in [1.54, 1.807) is 18.4 Å². The zero-order valence-electron chi connectivity index (χ0n) is 12.5. The molecule has 2 rings (SSSR count). The summed E-state index contributed by atoms with van der Waals surface area (Å²) in [4.78, 5) is 4.49. The van der Waals surface area contributed by atoms with E-state index in [9.17, 15) is 5.11 Å². The molecule has 0 amide bonds. The van der Waals surface area contributed by atoms with E-state index in [4.69, 9.17) is 4.42 Å². The number of halogens is 1. The summed E-state index contributed by atoms with van der Waals surface area (Å²) in [6.45, 7) is 3.70. The summed E-state index contributed by atoms with van der Waals surface area (Å²) in [6.07, 6.45) is 0.855. The van der Waals surface area contributed by atoms with Gasteiger partial charge in [-0.05, 0) is 24.6 Å². The molecule has 0 spiro atoms. The first kappa shape index (κ1) is 18.5. The summed E-state index contributed by atoms with van der Waals surface area (Å²) in [7, 11) is 0. The third-order valence-electron chi connectivity index (χ3n) is 2.94. The van der Waals surface area contributed by atoms with Crippen molar-refractivity contribution >= 4 is 29.9 Å². The normalized spacial score (nSPS) is 12.4. The summed E-state index contributed by atoms with van der Waals surface area (Å²) in [5, 5.41) is 16.2. The summed E-state index contributed by atoms with van der Waals surface area (Å²) >= 11 is 0. The fraction of sp³-hybridized carbons (Fsp3) is 0.312. The number of aliphatic hydroxyl groups is 1. The second kappa shape index (κ2) is 10.2. The maximum Gasteiger partial charge on any atom is 0.191 e. The molecule has 0 radical (unpaired) electrons. The average Bonchev–Trinajstić information content (AvgIpc) is 3.05. The Hall–Kier alpha value is -1.54. The molecule has 0 bridgehead atoms. The lowest BCUT2D eigenvalue weighted by molar-refractivity contribution is 0.153. The summed E-state index contributed by atoms with van der Waals surface area (Å²) in [6, 6.07) is 13.5. The minimum absolute atomic E-state index is 0. The van der Waals surface area contributed by atoms with Crippen LogP contribution in [0.1, 0.15) is 24.4 Å². The molecule has 0 saturated carbocycles. The quantitative estimate of drug-likeness (QED) is 0.386. The van der Waals surface area contributed by atoms with Crippen LogP contribution in [0, 0.1) is 0 Å². The number of benzene rings is 1. The molecule has 120 valence electrons. The molecular weight excluding hydrogens is 393 g/mol. The molecule has 22 heavy (non-hydrogen) atoms. The van der Waals surface area contributed by atoms with Crippen LogP contribution in [0.3, 0.4) is 0 Å². The van der Waals surface area contributed by atoms with Crippen LogP contribution in [-0.2, 0) is 6.54 Å². The van der Waals surface area contributed by atoms with Crippen molar-refractivity contribution in [2.45, 2.75) is 19.6 Å². The van der Waals surface area contributed by atoms with Gasteiger partial charge in [0.1, 0.15) is 11.9 Å². The predicted molar refractivity (Wildman–Crippen MR) is 98.3 cm³/mol. The number of furan rings is 1. The lowest BCUT2D eigenvalue weighted by Gasteiger charge is -2.13.